The first-order chi connectivity index (χ1) is 8.09. The van der Waals surface area contributed by atoms with Crippen LogP contribution in [0.4, 0.5) is 5.69 Å². The van der Waals surface area contributed by atoms with Crippen LogP contribution in [0.15, 0.2) is 54.6 Å². The molecule has 0 saturated heterocycles. The van der Waals surface area contributed by atoms with Crippen molar-refractivity contribution in [1.82, 2.24) is 0 Å². The average molecular weight is 241 g/mol. The second-order valence-electron chi connectivity index (χ2n) is 5.13. The van der Waals surface area contributed by atoms with E-state index in [0.717, 1.165) is 11.7 Å². The van der Waals surface area contributed by atoms with Crippen molar-refractivity contribution in [2.75, 3.05) is 5.73 Å². The second kappa shape index (κ2) is 4.76. The Balaban J connectivity index is 2.28. The molecule has 0 saturated carbocycles. The third kappa shape index (κ3) is 2.77. The van der Waals surface area contributed by atoms with Crippen molar-refractivity contribution in [3.05, 3.63) is 60.2 Å². The molecule has 0 fully saturated rings. The van der Waals surface area contributed by atoms with Crippen LogP contribution in [0.1, 0.15) is 5.56 Å². The van der Waals surface area contributed by atoms with Crippen LogP contribution in [0.25, 0.3) is 0 Å². The van der Waals surface area contributed by atoms with Gasteiger partial charge in [0, 0.05) is 5.69 Å². The molecule has 1 nitrogen and oxygen atoms in total. The maximum Gasteiger partial charge on any atom is 0.0876 e. The maximum atomic E-state index is 6.10. The molecule has 0 aliphatic heterocycles. The highest BCUT2D eigenvalue weighted by atomic mass is 28.3. The van der Waals surface area contributed by atoms with Crippen LogP contribution in [-0.2, 0) is 6.04 Å². The van der Waals surface area contributed by atoms with E-state index in [1.807, 2.05) is 12.1 Å². The van der Waals surface area contributed by atoms with Crippen molar-refractivity contribution >= 4 is 18.9 Å². The van der Waals surface area contributed by atoms with Crippen molar-refractivity contribution in [2.24, 2.45) is 0 Å². The molecular weight excluding hydrogens is 222 g/mol. The normalized spacial score (nSPS) is 11.4. The largest absolute Gasteiger partial charge is 0.399 e. The van der Waals surface area contributed by atoms with Crippen LogP contribution >= 0.6 is 0 Å². The van der Waals surface area contributed by atoms with Gasteiger partial charge in [0.15, 0.2) is 0 Å². The van der Waals surface area contributed by atoms with Gasteiger partial charge < -0.3 is 5.73 Å². The molecule has 88 valence electrons. The molecule has 0 aromatic heterocycles. The summed E-state index contributed by atoms with van der Waals surface area (Å²) in [7, 11) is -1.49. The Morgan fingerprint density at radius 2 is 1.47 bits per heavy atom. The zero-order chi connectivity index (χ0) is 12.3. The van der Waals surface area contributed by atoms with Crippen molar-refractivity contribution in [2.45, 2.75) is 19.1 Å². The van der Waals surface area contributed by atoms with Crippen molar-refractivity contribution in [3.8, 4) is 0 Å². The third-order valence-corrected chi connectivity index (χ3v) is 6.38. The number of nitrogen functional groups attached to an aromatic ring is 1. The van der Waals surface area contributed by atoms with Gasteiger partial charge in [-0.3, -0.25) is 0 Å². The lowest BCUT2D eigenvalue weighted by Crippen LogP contribution is -2.45. The minimum atomic E-state index is -1.49. The van der Waals surface area contributed by atoms with Gasteiger partial charge in [0.1, 0.15) is 0 Å². The summed E-state index contributed by atoms with van der Waals surface area (Å²) in [5, 5.41) is 1.36. The Kier molecular flexibility index (Phi) is 3.34. The lowest BCUT2D eigenvalue weighted by Gasteiger charge is -2.24. The number of nitrogens with two attached hydrogens (primary N) is 1. The van der Waals surface area contributed by atoms with Crippen LogP contribution in [-0.4, -0.2) is 8.07 Å². The highest BCUT2D eigenvalue weighted by Crippen LogP contribution is 2.15. The number of hydrogen-bond donors (Lipinski definition) is 1. The van der Waals surface area contributed by atoms with E-state index in [2.05, 4.69) is 55.6 Å². The average Bonchev–Trinajstić information content (AvgIpc) is 2.30. The molecule has 0 aliphatic rings. The highest BCUT2D eigenvalue weighted by molar-refractivity contribution is 6.90. The van der Waals surface area contributed by atoms with Gasteiger partial charge in [-0.1, -0.05) is 67.2 Å². The minimum Gasteiger partial charge on any atom is -0.399 e. The van der Waals surface area contributed by atoms with Crippen LogP contribution in [0, 0.1) is 0 Å². The molecule has 0 bridgehead atoms. The van der Waals surface area contributed by atoms with Gasteiger partial charge in [-0.05, 0) is 17.3 Å². The molecule has 0 unspecified atom stereocenters. The van der Waals surface area contributed by atoms with E-state index in [4.69, 9.17) is 5.73 Å². The van der Waals surface area contributed by atoms with Gasteiger partial charge in [0.05, 0.1) is 8.07 Å². The number of para-hydroxylation sites is 1. The van der Waals surface area contributed by atoms with Gasteiger partial charge in [-0.2, -0.15) is 0 Å². The van der Waals surface area contributed by atoms with Gasteiger partial charge >= 0.3 is 0 Å². The van der Waals surface area contributed by atoms with Gasteiger partial charge in [-0.25, -0.2) is 0 Å². The smallest absolute Gasteiger partial charge is 0.0876 e. The van der Waals surface area contributed by atoms with Crippen LogP contribution in [0.5, 0.6) is 0 Å². The van der Waals surface area contributed by atoms with E-state index in [1.165, 1.54) is 10.8 Å². The minimum absolute atomic E-state index is 0.945. The number of hydrogen-bond acceptors (Lipinski definition) is 1. The molecule has 0 radical (unpaired) electrons. The summed E-state index contributed by atoms with van der Waals surface area (Å²) in [5.74, 6) is 0. The van der Waals surface area contributed by atoms with Crippen molar-refractivity contribution in [1.29, 1.82) is 0 Å². The SMILES string of the molecule is C[Si](C)(Cc1ccccc1)c1ccccc1N. The van der Waals surface area contributed by atoms with E-state index < -0.39 is 8.07 Å². The molecular formula is C15H19NSi. The van der Waals surface area contributed by atoms with Crippen molar-refractivity contribution in [3.63, 3.8) is 0 Å². The lowest BCUT2D eigenvalue weighted by atomic mass is 10.2. The number of benzene rings is 2. The molecule has 2 aromatic rings. The molecule has 2 N–H and O–H groups in total. The fraction of sp³-hybridized carbons (Fsp3) is 0.200. The summed E-state index contributed by atoms with van der Waals surface area (Å²) in [6.07, 6.45) is 0. The third-order valence-electron chi connectivity index (χ3n) is 3.18. The van der Waals surface area contributed by atoms with Crippen molar-refractivity contribution < 1.29 is 0 Å². The molecule has 0 aliphatic carbocycles. The molecule has 2 aromatic carbocycles. The van der Waals surface area contributed by atoms with E-state index in [-0.39, 0.29) is 0 Å². The zero-order valence-electron chi connectivity index (χ0n) is 10.5. The summed E-state index contributed by atoms with van der Waals surface area (Å²) in [6, 6.07) is 20.1. The first-order valence-corrected chi connectivity index (χ1v) is 9.19. The fourth-order valence-corrected chi connectivity index (χ4v) is 5.17. The summed E-state index contributed by atoms with van der Waals surface area (Å²) < 4.78 is 0. The van der Waals surface area contributed by atoms with Crippen LogP contribution < -0.4 is 10.9 Å². The van der Waals surface area contributed by atoms with Gasteiger partial charge in [0.2, 0.25) is 0 Å². The van der Waals surface area contributed by atoms with Gasteiger partial charge in [0.25, 0.3) is 0 Å². The first-order valence-electron chi connectivity index (χ1n) is 5.98. The Morgan fingerprint density at radius 1 is 0.882 bits per heavy atom. The summed E-state index contributed by atoms with van der Waals surface area (Å²) in [5.41, 5.74) is 8.45. The number of rotatable bonds is 3. The summed E-state index contributed by atoms with van der Waals surface area (Å²) in [4.78, 5) is 0. The van der Waals surface area contributed by atoms with E-state index >= 15 is 0 Å². The van der Waals surface area contributed by atoms with Gasteiger partial charge in [-0.15, -0.1) is 0 Å². The Morgan fingerprint density at radius 3 is 2.12 bits per heavy atom. The summed E-state index contributed by atoms with van der Waals surface area (Å²) in [6.45, 7) is 4.76. The predicted octanol–water partition coefficient (Wildman–Crippen LogP) is 2.97. The topological polar surface area (TPSA) is 26.0 Å². The second-order valence-corrected chi connectivity index (χ2v) is 9.79. The van der Waals surface area contributed by atoms with E-state index in [9.17, 15) is 0 Å². The Hall–Kier alpha value is -1.54. The highest BCUT2D eigenvalue weighted by Gasteiger charge is 2.25. The molecule has 2 rings (SSSR count). The zero-order valence-corrected chi connectivity index (χ0v) is 11.5. The number of anilines is 1. The van der Waals surface area contributed by atoms with Crippen LogP contribution in [0.2, 0.25) is 13.1 Å². The lowest BCUT2D eigenvalue weighted by molar-refractivity contribution is 1.32. The monoisotopic (exact) mass is 241 g/mol. The Bertz CT molecular complexity index is 491. The molecule has 17 heavy (non-hydrogen) atoms. The molecule has 2 heteroatoms. The molecule has 0 atom stereocenters. The van der Waals surface area contributed by atoms with Crippen LogP contribution in [0.3, 0.4) is 0 Å². The molecule has 0 heterocycles. The Labute approximate surface area is 104 Å². The molecule has 0 amide bonds. The summed E-state index contributed by atoms with van der Waals surface area (Å²) >= 11 is 0. The predicted molar refractivity (Wildman–Crippen MR) is 78.1 cm³/mol. The standard InChI is InChI=1S/C15H19NSi/c1-17(2,12-13-8-4-3-5-9-13)15-11-7-6-10-14(15)16/h3-11H,12,16H2,1-2H3. The molecule has 0 spiro atoms. The van der Waals surface area contributed by atoms with E-state index in [1.54, 1.807) is 0 Å². The van der Waals surface area contributed by atoms with E-state index in [0.29, 0.717) is 0 Å². The first kappa shape index (κ1) is 11.9. The quantitative estimate of drug-likeness (QED) is 0.649. The fourth-order valence-electron chi connectivity index (χ4n) is 2.31. The maximum absolute atomic E-state index is 6.10.